The van der Waals surface area contributed by atoms with Crippen LogP contribution in [0.2, 0.25) is 0 Å². The normalized spacial score (nSPS) is 12.6. The van der Waals surface area contributed by atoms with Crippen molar-refractivity contribution in [3.63, 3.8) is 0 Å². The molecule has 0 aliphatic rings. The zero-order chi connectivity index (χ0) is 13.2. The first-order chi connectivity index (χ1) is 8.72. The molecule has 1 atom stereocenters. The number of aromatic nitrogens is 1. The third-order valence-corrected chi connectivity index (χ3v) is 4.20. The standard InChI is InChI=1S/C14H23BrN2S/c1-3-4-5-6-12(2)16-9-10-18-14-8-7-13(15)11-17-14/h7-8,11-12,16H,3-6,9-10H2,1-2H3. The average molecular weight is 331 g/mol. The van der Waals surface area contributed by atoms with Crippen LogP contribution < -0.4 is 5.32 Å². The second kappa shape index (κ2) is 9.82. The van der Waals surface area contributed by atoms with Gasteiger partial charge in [-0.3, -0.25) is 0 Å². The first-order valence-corrected chi connectivity index (χ1v) is 8.48. The number of hydrogen-bond acceptors (Lipinski definition) is 3. The first-order valence-electron chi connectivity index (χ1n) is 6.70. The summed E-state index contributed by atoms with van der Waals surface area (Å²) in [7, 11) is 0. The van der Waals surface area contributed by atoms with Gasteiger partial charge >= 0.3 is 0 Å². The number of nitrogens with one attached hydrogen (secondary N) is 1. The molecule has 1 unspecified atom stereocenters. The number of rotatable bonds is 9. The van der Waals surface area contributed by atoms with Crippen LogP contribution in [0.15, 0.2) is 27.8 Å². The SMILES string of the molecule is CCCCCC(C)NCCSc1ccc(Br)cn1. The van der Waals surface area contributed by atoms with E-state index >= 15 is 0 Å². The van der Waals surface area contributed by atoms with Gasteiger partial charge in [-0.1, -0.05) is 26.2 Å². The maximum absolute atomic E-state index is 4.34. The Hall–Kier alpha value is -0.0600. The summed E-state index contributed by atoms with van der Waals surface area (Å²) in [6, 6.07) is 4.73. The summed E-state index contributed by atoms with van der Waals surface area (Å²) in [4.78, 5) is 4.34. The van der Waals surface area contributed by atoms with E-state index in [1.54, 1.807) is 11.8 Å². The predicted octanol–water partition coefficient (Wildman–Crippen LogP) is 4.49. The van der Waals surface area contributed by atoms with Crippen molar-refractivity contribution in [2.24, 2.45) is 0 Å². The molecule has 0 radical (unpaired) electrons. The van der Waals surface area contributed by atoms with Crippen LogP contribution in [0.4, 0.5) is 0 Å². The molecule has 0 bridgehead atoms. The summed E-state index contributed by atoms with van der Waals surface area (Å²) in [5.74, 6) is 1.08. The molecule has 1 aromatic heterocycles. The summed E-state index contributed by atoms with van der Waals surface area (Å²) in [6.07, 6.45) is 7.13. The van der Waals surface area contributed by atoms with E-state index < -0.39 is 0 Å². The number of unbranched alkanes of at least 4 members (excludes halogenated alkanes) is 2. The van der Waals surface area contributed by atoms with Gasteiger partial charge in [-0.15, -0.1) is 11.8 Å². The van der Waals surface area contributed by atoms with E-state index in [-0.39, 0.29) is 0 Å². The quantitative estimate of drug-likeness (QED) is 0.533. The van der Waals surface area contributed by atoms with E-state index in [0.29, 0.717) is 6.04 Å². The van der Waals surface area contributed by atoms with Crippen LogP contribution in [0.1, 0.15) is 39.5 Å². The summed E-state index contributed by atoms with van der Waals surface area (Å²) >= 11 is 5.20. The van der Waals surface area contributed by atoms with Crippen LogP contribution in [0, 0.1) is 0 Å². The molecule has 102 valence electrons. The van der Waals surface area contributed by atoms with E-state index in [4.69, 9.17) is 0 Å². The van der Waals surface area contributed by atoms with Gasteiger partial charge in [0.25, 0.3) is 0 Å². The Balaban J connectivity index is 2.05. The first kappa shape index (κ1) is 16.0. The third kappa shape index (κ3) is 7.39. The van der Waals surface area contributed by atoms with Gasteiger partial charge < -0.3 is 5.32 Å². The molecular formula is C14H23BrN2S. The van der Waals surface area contributed by atoms with E-state index in [0.717, 1.165) is 21.8 Å². The minimum Gasteiger partial charge on any atom is -0.313 e. The highest BCUT2D eigenvalue weighted by Crippen LogP contribution is 2.16. The molecule has 0 aromatic carbocycles. The largest absolute Gasteiger partial charge is 0.313 e. The molecule has 1 N–H and O–H groups in total. The highest BCUT2D eigenvalue weighted by Gasteiger charge is 2.01. The van der Waals surface area contributed by atoms with Gasteiger partial charge in [0.05, 0.1) is 5.03 Å². The summed E-state index contributed by atoms with van der Waals surface area (Å²) in [5, 5.41) is 4.66. The van der Waals surface area contributed by atoms with E-state index in [1.165, 1.54) is 25.7 Å². The van der Waals surface area contributed by atoms with Crippen molar-refractivity contribution < 1.29 is 0 Å². The lowest BCUT2D eigenvalue weighted by molar-refractivity contribution is 0.502. The third-order valence-electron chi connectivity index (χ3n) is 2.79. The van der Waals surface area contributed by atoms with Gasteiger partial charge in [-0.25, -0.2) is 4.98 Å². The van der Waals surface area contributed by atoms with E-state index in [1.807, 2.05) is 12.3 Å². The molecule has 1 aromatic rings. The van der Waals surface area contributed by atoms with Crippen LogP contribution in [0.25, 0.3) is 0 Å². The Kier molecular flexibility index (Phi) is 8.72. The van der Waals surface area contributed by atoms with Crippen molar-refractivity contribution in [1.29, 1.82) is 0 Å². The number of nitrogens with zero attached hydrogens (tertiary/aromatic N) is 1. The minimum atomic E-state index is 0.634. The van der Waals surface area contributed by atoms with Crippen molar-refractivity contribution in [2.45, 2.75) is 50.6 Å². The number of halogens is 1. The van der Waals surface area contributed by atoms with Gasteiger partial charge in [0.1, 0.15) is 0 Å². The molecule has 0 spiro atoms. The second-order valence-corrected chi connectivity index (χ2v) is 6.54. The highest BCUT2D eigenvalue weighted by molar-refractivity contribution is 9.10. The monoisotopic (exact) mass is 330 g/mol. The van der Waals surface area contributed by atoms with Crippen LogP contribution in [0.3, 0.4) is 0 Å². The van der Waals surface area contributed by atoms with Crippen molar-refractivity contribution in [2.75, 3.05) is 12.3 Å². The summed E-state index contributed by atoms with van der Waals surface area (Å²) < 4.78 is 1.04. The predicted molar refractivity (Wildman–Crippen MR) is 84.3 cm³/mol. The maximum Gasteiger partial charge on any atom is 0.0961 e. The molecule has 0 amide bonds. The average Bonchev–Trinajstić information content (AvgIpc) is 2.37. The Morgan fingerprint density at radius 3 is 2.89 bits per heavy atom. The fraction of sp³-hybridized carbons (Fsp3) is 0.643. The van der Waals surface area contributed by atoms with Gasteiger partial charge in [0.15, 0.2) is 0 Å². The Labute approximate surface area is 123 Å². The van der Waals surface area contributed by atoms with Crippen molar-refractivity contribution in [3.05, 3.63) is 22.8 Å². The molecule has 18 heavy (non-hydrogen) atoms. The van der Waals surface area contributed by atoms with Crippen molar-refractivity contribution in [1.82, 2.24) is 10.3 Å². The molecule has 4 heteroatoms. The molecule has 0 aliphatic carbocycles. The van der Waals surface area contributed by atoms with Gasteiger partial charge in [0.2, 0.25) is 0 Å². The molecule has 1 rings (SSSR count). The minimum absolute atomic E-state index is 0.634. The van der Waals surface area contributed by atoms with Crippen molar-refractivity contribution >= 4 is 27.7 Å². The molecule has 0 saturated carbocycles. The van der Waals surface area contributed by atoms with E-state index in [9.17, 15) is 0 Å². The zero-order valence-electron chi connectivity index (χ0n) is 11.3. The molecule has 2 nitrogen and oxygen atoms in total. The smallest absolute Gasteiger partial charge is 0.0961 e. The fourth-order valence-corrected chi connectivity index (χ4v) is 2.67. The number of pyridine rings is 1. The lowest BCUT2D eigenvalue weighted by Gasteiger charge is -2.13. The molecule has 0 fully saturated rings. The fourth-order valence-electron chi connectivity index (χ4n) is 1.71. The summed E-state index contributed by atoms with van der Waals surface area (Å²) in [6.45, 7) is 5.58. The zero-order valence-corrected chi connectivity index (χ0v) is 13.7. The van der Waals surface area contributed by atoms with Crippen LogP contribution in [-0.2, 0) is 0 Å². The molecule has 0 aliphatic heterocycles. The Bertz CT molecular complexity index is 316. The lowest BCUT2D eigenvalue weighted by atomic mass is 10.1. The Morgan fingerprint density at radius 2 is 2.22 bits per heavy atom. The lowest BCUT2D eigenvalue weighted by Crippen LogP contribution is -2.28. The van der Waals surface area contributed by atoms with Crippen LogP contribution in [-0.4, -0.2) is 23.3 Å². The van der Waals surface area contributed by atoms with Crippen molar-refractivity contribution in [3.8, 4) is 0 Å². The molecule has 0 saturated heterocycles. The van der Waals surface area contributed by atoms with Crippen LogP contribution >= 0.6 is 27.7 Å². The summed E-state index contributed by atoms with van der Waals surface area (Å²) in [5.41, 5.74) is 0. The van der Waals surface area contributed by atoms with Gasteiger partial charge in [-0.05, 0) is 41.4 Å². The van der Waals surface area contributed by atoms with Gasteiger partial charge in [-0.2, -0.15) is 0 Å². The number of hydrogen-bond donors (Lipinski definition) is 1. The van der Waals surface area contributed by atoms with E-state index in [2.05, 4.69) is 46.1 Å². The van der Waals surface area contributed by atoms with Crippen LogP contribution in [0.5, 0.6) is 0 Å². The maximum atomic E-state index is 4.34. The molecule has 1 heterocycles. The van der Waals surface area contributed by atoms with Gasteiger partial charge in [0, 0.05) is 29.0 Å². The number of thioether (sulfide) groups is 1. The topological polar surface area (TPSA) is 24.9 Å². The Morgan fingerprint density at radius 1 is 1.39 bits per heavy atom. The highest BCUT2D eigenvalue weighted by atomic mass is 79.9. The molecular weight excluding hydrogens is 308 g/mol. The second-order valence-electron chi connectivity index (χ2n) is 4.51.